The van der Waals surface area contributed by atoms with Crippen LogP contribution in [0.5, 0.6) is 0 Å². The average Bonchev–Trinajstić information content (AvgIpc) is 2.80. The minimum Gasteiger partial charge on any atom is -0.326 e. The first-order valence-electron chi connectivity index (χ1n) is 8.21. The molecule has 0 atom stereocenters. The molecule has 0 unspecified atom stereocenters. The van der Waals surface area contributed by atoms with Crippen LogP contribution >= 0.6 is 0 Å². The quantitative estimate of drug-likeness (QED) is 0.872. The smallest absolute Gasteiger partial charge is 0.261 e. The number of benzene rings is 2. The van der Waals surface area contributed by atoms with E-state index in [9.17, 15) is 14.4 Å². The standard InChI is InChI=1S/C20H20N2O3/c1-12-4-7-16-17(10-12)20(25)22(19(16)24)9-8-18(23)21-15-6-5-13(2)14(3)11-15/h4-7,10-11H,8-9H2,1-3H3,(H,21,23). The summed E-state index contributed by atoms with van der Waals surface area (Å²) < 4.78 is 0. The van der Waals surface area contributed by atoms with Gasteiger partial charge in [0.15, 0.2) is 0 Å². The molecule has 0 spiro atoms. The molecule has 0 radical (unpaired) electrons. The molecule has 1 aliphatic rings. The highest BCUT2D eigenvalue weighted by Crippen LogP contribution is 2.24. The Kier molecular flexibility index (Phi) is 4.40. The number of carbonyl (C=O) groups is 3. The van der Waals surface area contributed by atoms with Crippen molar-refractivity contribution >= 4 is 23.4 Å². The zero-order chi connectivity index (χ0) is 18.1. The van der Waals surface area contributed by atoms with Crippen LogP contribution in [0, 0.1) is 20.8 Å². The Labute approximate surface area is 146 Å². The van der Waals surface area contributed by atoms with Crippen molar-refractivity contribution in [2.45, 2.75) is 27.2 Å². The van der Waals surface area contributed by atoms with Gasteiger partial charge in [0.1, 0.15) is 0 Å². The Bertz CT molecular complexity index is 887. The third-order valence-corrected chi connectivity index (χ3v) is 4.48. The Morgan fingerprint density at radius 3 is 2.36 bits per heavy atom. The predicted molar refractivity (Wildman–Crippen MR) is 95.7 cm³/mol. The minimum absolute atomic E-state index is 0.0668. The van der Waals surface area contributed by atoms with Crippen LogP contribution in [0.4, 0.5) is 5.69 Å². The first-order chi connectivity index (χ1) is 11.9. The van der Waals surface area contributed by atoms with Crippen LogP contribution in [0.2, 0.25) is 0 Å². The number of imide groups is 1. The van der Waals surface area contributed by atoms with Crippen LogP contribution < -0.4 is 5.32 Å². The molecule has 0 saturated heterocycles. The molecule has 0 aromatic heterocycles. The Hall–Kier alpha value is -2.95. The summed E-state index contributed by atoms with van der Waals surface area (Å²) in [4.78, 5) is 38.0. The number of carbonyl (C=O) groups excluding carboxylic acids is 3. The molecule has 0 bridgehead atoms. The molecule has 2 aromatic carbocycles. The van der Waals surface area contributed by atoms with E-state index in [2.05, 4.69) is 5.32 Å². The van der Waals surface area contributed by atoms with Crippen molar-refractivity contribution in [2.75, 3.05) is 11.9 Å². The van der Waals surface area contributed by atoms with Crippen molar-refractivity contribution in [2.24, 2.45) is 0 Å². The third-order valence-electron chi connectivity index (χ3n) is 4.48. The highest BCUT2D eigenvalue weighted by molar-refractivity contribution is 6.21. The first kappa shape index (κ1) is 16.9. The zero-order valence-corrected chi connectivity index (χ0v) is 14.6. The second kappa shape index (κ2) is 6.51. The van der Waals surface area contributed by atoms with Crippen molar-refractivity contribution in [1.29, 1.82) is 0 Å². The van der Waals surface area contributed by atoms with Crippen molar-refractivity contribution in [1.82, 2.24) is 4.90 Å². The van der Waals surface area contributed by atoms with E-state index in [4.69, 9.17) is 0 Å². The maximum absolute atomic E-state index is 12.4. The molecule has 1 N–H and O–H groups in total. The van der Waals surface area contributed by atoms with Gasteiger partial charge in [-0.15, -0.1) is 0 Å². The molecular formula is C20H20N2O3. The van der Waals surface area contributed by atoms with Gasteiger partial charge in [-0.3, -0.25) is 19.3 Å². The van der Waals surface area contributed by atoms with Crippen molar-refractivity contribution < 1.29 is 14.4 Å². The Morgan fingerprint density at radius 2 is 1.64 bits per heavy atom. The summed E-state index contributed by atoms with van der Waals surface area (Å²) >= 11 is 0. The lowest BCUT2D eigenvalue weighted by atomic mass is 10.1. The van der Waals surface area contributed by atoms with Gasteiger partial charge in [-0.05, 0) is 56.2 Å². The second-order valence-electron chi connectivity index (χ2n) is 6.41. The Balaban J connectivity index is 1.64. The molecule has 2 aromatic rings. The number of fused-ring (bicyclic) bond motifs is 1. The number of amides is 3. The highest BCUT2D eigenvalue weighted by atomic mass is 16.2. The van der Waals surface area contributed by atoms with Gasteiger partial charge in [0, 0.05) is 18.7 Å². The normalized spacial score (nSPS) is 13.2. The fraction of sp³-hybridized carbons (Fsp3) is 0.250. The van der Waals surface area contributed by atoms with E-state index in [0.29, 0.717) is 16.8 Å². The van der Waals surface area contributed by atoms with Gasteiger partial charge in [-0.25, -0.2) is 0 Å². The number of anilines is 1. The third kappa shape index (κ3) is 3.31. The van der Waals surface area contributed by atoms with E-state index in [1.807, 2.05) is 39.0 Å². The van der Waals surface area contributed by atoms with Gasteiger partial charge in [0.05, 0.1) is 11.1 Å². The fourth-order valence-electron chi connectivity index (χ4n) is 2.86. The number of rotatable bonds is 4. The zero-order valence-electron chi connectivity index (χ0n) is 14.6. The lowest BCUT2D eigenvalue weighted by Gasteiger charge is -2.14. The monoisotopic (exact) mass is 336 g/mol. The summed E-state index contributed by atoms with van der Waals surface area (Å²) in [6.07, 6.45) is 0.0668. The number of nitrogens with zero attached hydrogens (tertiary/aromatic N) is 1. The number of nitrogens with one attached hydrogen (secondary N) is 1. The van der Waals surface area contributed by atoms with Crippen LogP contribution in [0.15, 0.2) is 36.4 Å². The summed E-state index contributed by atoms with van der Waals surface area (Å²) in [5, 5.41) is 2.81. The van der Waals surface area contributed by atoms with E-state index in [0.717, 1.165) is 21.6 Å². The topological polar surface area (TPSA) is 66.5 Å². The molecular weight excluding hydrogens is 316 g/mol. The van der Waals surface area contributed by atoms with Gasteiger partial charge < -0.3 is 5.32 Å². The number of hydrogen-bond acceptors (Lipinski definition) is 3. The lowest BCUT2D eigenvalue weighted by Crippen LogP contribution is -2.32. The molecule has 0 fully saturated rings. The van der Waals surface area contributed by atoms with E-state index >= 15 is 0 Å². The SMILES string of the molecule is Cc1ccc2c(c1)C(=O)N(CCC(=O)Nc1ccc(C)c(C)c1)C2=O. The van der Waals surface area contributed by atoms with Gasteiger partial charge in [-0.2, -0.15) is 0 Å². The minimum atomic E-state index is -0.334. The number of hydrogen-bond donors (Lipinski definition) is 1. The molecule has 1 aliphatic heterocycles. The predicted octanol–water partition coefficient (Wildman–Crippen LogP) is 3.24. The van der Waals surface area contributed by atoms with Crippen molar-refractivity contribution in [3.63, 3.8) is 0 Å². The number of aryl methyl sites for hydroxylation is 3. The van der Waals surface area contributed by atoms with E-state index in [1.54, 1.807) is 18.2 Å². The average molecular weight is 336 g/mol. The molecule has 0 saturated carbocycles. The van der Waals surface area contributed by atoms with Gasteiger partial charge >= 0.3 is 0 Å². The molecule has 25 heavy (non-hydrogen) atoms. The molecule has 5 nitrogen and oxygen atoms in total. The highest BCUT2D eigenvalue weighted by Gasteiger charge is 2.35. The van der Waals surface area contributed by atoms with Crippen molar-refractivity contribution in [3.8, 4) is 0 Å². The maximum Gasteiger partial charge on any atom is 0.261 e. The molecule has 0 aliphatic carbocycles. The molecule has 3 amide bonds. The van der Waals surface area contributed by atoms with Crippen LogP contribution in [0.3, 0.4) is 0 Å². The van der Waals surface area contributed by atoms with Crippen LogP contribution in [0.25, 0.3) is 0 Å². The van der Waals surface area contributed by atoms with Crippen LogP contribution in [-0.4, -0.2) is 29.2 Å². The first-order valence-corrected chi connectivity index (χ1v) is 8.21. The molecule has 5 heteroatoms. The van der Waals surface area contributed by atoms with Crippen molar-refractivity contribution in [3.05, 3.63) is 64.2 Å². The van der Waals surface area contributed by atoms with E-state index < -0.39 is 0 Å². The van der Waals surface area contributed by atoms with E-state index in [1.165, 1.54) is 0 Å². The van der Waals surface area contributed by atoms with Crippen LogP contribution in [-0.2, 0) is 4.79 Å². The molecule has 128 valence electrons. The summed E-state index contributed by atoms with van der Waals surface area (Å²) in [5.74, 6) is -0.891. The van der Waals surface area contributed by atoms with Gasteiger partial charge in [0.25, 0.3) is 11.8 Å². The summed E-state index contributed by atoms with van der Waals surface area (Å²) in [6, 6.07) is 10.9. The van der Waals surface area contributed by atoms with E-state index in [-0.39, 0.29) is 30.7 Å². The summed E-state index contributed by atoms with van der Waals surface area (Å²) in [7, 11) is 0. The molecule has 3 rings (SSSR count). The fourth-order valence-corrected chi connectivity index (χ4v) is 2.86. The maximum atomic E-state index is 12.4. The Morgan fingerprint density at radius 1 is 0.920 bits per heavy atom. The largest absolute Gasteiger partial charge is 0.326 e. The van der Waals surface area contributed by atoms with Crippen LogP contribution in [0.1, 0.15) is 43.8 Å². The van der Waals surface area contributed by atoms with Gasteiger partial charge in [0.2, 0.25) is 5.91 Å². The molecule has 1 heterocycles. The second-order valence-corrected chi connectivity index (χ2v) is 6.41. The summed E-state index contributed by atoms with van der Waals surface area (Å²) in [6.45, 7) is 5.93. The summed E-state index contributed by atoms with van der Waals surface area (Å²) in [5.41, 5.74) is 4.71. The lowest BCUT2D eigenvalue weighted by molar-refractivity contribution is -0.116. The van der Waals surface area contributed by atoms with Gasteiger partial charge in [-0.1, -0.05) is 17.7 Å².